The molecule has 0 radical (unpaired) electrons. The summed E-state index contributed by atoms with van der Waals surface area (Å²) in [5.74, 6) is -2.65. The maximum atomic E-state index is 14.5. The normalized spacial score (nSPS) is 11.5. The number of hydrogen-bond acceptors (Lipinski definition) is 2. The Balaban J connectivity index is 1.80. The molecule has 0 aliphatic rings. The first-order valence-corrected chi connectivity index (χ1v) is 10.9. The Labute approximate surface area is 190 Å². The predicted octanol–water partition coefficient (Wildman–Crippen LogP) is 6.63. The highest BCUT2D eigenvalue weighted by atomic mass is 19.2. The maximum Gasteiger partial charge on any atom is 0.165 e. The lowest BCUT2D eigenvalue weighted by atomic mass is 9.96. The van der Waals surface area contributed by atoms with Crippen molar-refractivity contribution >= 4 is 22.4 Å². The molecule has 0 aliphatic heterocycles. The molecule has 0 fully saturated rings. The van der Waals surface area contributed by atoms with Crippen molar-refractivity contribution in [1.82, 2.24) is 4.57 Å². The molecule has 0 amide bonds. The van der Waals surface area contributed by atoms with Crippen molar-refractivity contribution in [1.29, 1.82) is 0 Å². The summed E-state index contributed by atoms with van der Waals surface area (Å²) in [7, 11) is 0. The fraction of sp³-hybridized carbons (Fsp3) is 0.222. The van der Waals surface area contributed by atoms with E-state index in [1.54, 1.807) is 6.07 Å². The molecule has 0 saturated carbocycles. The number of carbonyl (C=O) groups excluding carboxylic acids is 1. The minimum Gasteiger partial charge on any atom is -0.396 e. The number of ketones is 1. The van der Waals surface area contributed by atoms with Crippen molar-refractivity contribution in [3.8, 4) is 0 Å². The molecule has 0 saturated heterocycles. The van der Waals surface area contributed by atoms with Gasteiger partial charge in [-0.25, -0.2) is 13.2 Å². The van der Waals surface area contributed by atoms with Crippen molar-refractivity contribution in [2.75, 3.05) is 5.73 Å². The first-order chi connectivity index (χ1) is 15.8. The van der Waals surface area contributed by atoms with E-state index >= 15 is 0 Å². The largest absolute Gasteiger partial charge is 0.396 e. The topological polar surface area (TPSA) is 48.0 Å². The number of benzene rings is 3. The molecule has 0 unspecified atom stereocenters. The third kappa shape index (κ3) is 4.51. The van der Waals surface area contributed by atoms with Gasteiger partial charge in [0.1, 0.15) is 5.82 Å². The number of rotatable bonds is 7. The number of nitrogen functional groups attached to an aromatic ring is 1. The second kappa shape index (κ2) is 9.14. The van der Waals surface area contributed by atoms with E-state index in [0.29, 0.717) is 28.6 Å². The van der Waals surface area contributed by atoms with Crippen LogP contribution >= 0.6 is 0 Å². The molecule has 1 aromatic heterocycles. The second-order valence-electron chi connectivity index (χ2n) is 8.55. The van der Waals surface area contributed by atoms with Gasteiger partial charge in [0.15, 0.2) is 17.4 Å². The molecule has 3 nitrogen and oxygen atoms in total. The van der Waals surface area contributed by atoms with Crippen LogP contribution in [0, 0.1) is 17.5 Å². The highest BCUT2D eigenvalue weighted by Gasteiger charge is 2.25. The summed E-state index contributed by atoms with van der Waals surface area (Å²) in [6.45, 7) is 4.48. The van der Waals surface area contributed by atoms with Gasteiger partial charge in [-0.05, 0) is 47.7 Å². The summed E-state index contributed by atoms with van der Waals surface area (Å²) in [6.07, 6.45) is 0.331. The standard InChI is InChI=1S/C27H25F3N2O/c1-16(2)27-26(25(33)11-9-17-8-10-20(28)21(29)12-17)19-13-22(30)23(31)14-24(19)32(27)15-18-6-4-3-5-7-18/h3-8,10,12-14,16H,9,11,15,31H2,1-2H3. The molecule has 0 aliphatic carbocycles. The van der Waals surface area contributed by atoms with Crippen LogP contribution in [0.1, 0.15) is 53.4 Å². The highest BCUT2D eigenvalue weighted by molar-refractivity contribution is 6.10. The lowest BCUT2D eigenvalue weighted by Gasteiger charge is -2.15. The van der Waals surface area contributed by atoms with Gasteiger partial charge in [-0.1, -0.05) is 50.2 Å². The van der Waals surface area contributed by atoms with E-state index in [-0.39, 0.29) is 30.2 Å². The monoisotopic (exact) mass is 450 g/mol. The fourth-order valence-electron chi connectivity index (χ4n) is 4.31. The summed E-state index contributed by atoms with van der Waals surface area (Å²) >= 11 is 0. The van der Waals surface area contributed by atoms with E-state index in [4.69, 9.17) is 5.73 Å². The molecular weight excluding hydrogens is 425 g/mol. The first-order valence-electron chi connectivity index (χ1n) is 10.9. The summed E-state index contributed by atoms with van der Waals surface area (Å²) in [5.41, 5.74) is 9.42. The van der Waals surface area contributed by atoms with Gasteiger partial charge in [-0.2, -0.15) is 0 Å². The molecule has 0 spiro atoms. The van der Waals surface area contributed by atoms with E-state index in [1.165, 1.54) is 12.1 Å². The van der Waals surface area contributed by atoms with Gasteiger partial charge in [0.2, 0.25) is 0 Å². The summed E-state index contributed by atoms with van der Waals surface area (Å²) < 4.78 is 43.3. The Bertz CT molecular complexity index is 1330. The Hall–Kier alpha value is -3.54. The molecule has 170 valence electrons. The van der Waals surface area contributed by atoms with E-state index < -0.39 is 17.5 Å². The molecule has 0 atom stereocenters. The summed E-state index contributed by atoms with van der Waals surface area (Å²) in [4.78, 5) is 13.4. The zero-order valence-electron chi connectivity index (χ0n) is 18.5. The predicted molar refractivity (Wildman–Crippen MR) is 125 cm³/mol. The molecule has 4 aromatic rings. The molecule has 2 N–H and O–H groups in total. The van der Waals surface area contributed by atoms with Gasteiger partial charge in [-0.3, -0.25) is 4.79 Å². The second-order valence-corrected chi connectivity index (χ2v) is 8.55. The van der Waals surface area contributed by atoms with E-state index in [0.717, 1.165) is 23.4 Å². The number of Topliss-reactive ketones (excluding diaryl/α,β-unsaturated/α-hetero) is 1. The molecule has 1 heterocycles. The highest BCUT2D eigenvalue weighted by Crippen LogP contribution is 2.35. The number of fused-ring (bicyclic) bond motifs is 1. The van der Waals surface area contributed by atoms with Gasteiger partial charge in [-0.15, -0.1) is 0 Å². The molecular formula is C27H25F3N2O. The average Bonchev–Trinajstić information content (AvgIpc) is 3.08. The van der Waals surface area contributed by atoms with Crippen molar-refractivity contribution in [3.63, 3.8) is 0 Å². The quantitative estimate of drug-likeness (QED) is 0.254. The third-order valence-corrected chi connectivity index (χ3v) is 5.86. The van der Waals surface area contributed by atoms with Crippen molar-refractivity contribution in [2.24, 2.45) is 0 Å². The number of hydrogen-bond donors (Lipinski definition) is 1. The van der Waals surface area contributed by atoms with E-state index in [2.05, 4.69) is 0 Å². The number of carbonyl (C=O) groups is 1. The van der Waals surface area contributed by atoms with Crippen LogP contribution in [-0.2, 0) is 13.0 Å². The van der Waals surface area contributed by atoms with Gasteiger partial charge >= 0.3 is 0 Å². The van der Waals surface area contributed by atoms with Gasteiger partial charge in [0.25, 0.3) is 0 Å². The van der Waals surface area contributed by atoms with Gasteiger partial charge in [0.05, 0.1) is 11.2 Å². The number of anilines is 1. The molecule has 33 heavy (non-hydrogen) atoms. The molecule has 6 heteroatoms. The van der Waals surface area contributed by atoms with Crippen LogP contribution in [-0.4, -0.2) is 10.4 Å². The van der Waals surface area contributed by atoms with Crippen LogP contribution in [0.5, 0.6) is 0 Å². The lowest BCUT2D eigenvalue weighted by molar-refractivity contribution is 0.0983. The maximum absolute atomic E-state index is 14.5. The fourth-order valence-corrected chi connectivity index (χ4v) is 4.31. The Morgan fingerprint density at radius 1 is 0.909 bits per heavy atom. The first kappa shape index (κ1) is 22.6. The SMILES string of the molecule is CC(C)c1c(C(=O)CCc2ccc(F)c(F)c2)c2cc(F)c(N)cc2n1Cc1ccccc1. The Kier molecular flexibility index (Phi) is 6.27. The minimum atomic E-state index is -0.945. The van der Waals surface area contributed by atoms with Crippen LogP contribution in [0.15, 0.2) is 60.7 Å². The van der Waals surface area contributed by atoms with Gasteiger partial charge in [0, 0.05) is 29.6 Å². The average molecular weight is 451 g/mol. The smallest absolute Gasteiger partial charge is 0.165 e. The number of nitrogens with zero attached hydrogens (tertiary/aromatic N) is 1. The van der Waals surface area contributed by atoms with Crippen LogP contribution in [0.3, 0.4) is 0 Å². The van der Waals surface area contributed by atoms with Crippen LogP contribution in [0.4, 0.5) is 18.9 Å². The zero-order valence-corrected chi connectivity index (χ0v) is 18.5. The van der Waals surface area contributed by atoms with Crippen molar-refractivity contribution in [3.05, 3.63) is 100 Å². The minimum absolute atomic E-state index is 0.0189. The molecule has 3 aromatic carbocycles. The number of nitrogens with two attached hydrogens (primary N) is 1. The van der Waals surface area contributed by atoms with Crippen LogP contribution in [0.2, 0.25) is 0 Å². The summed E-state index contributed by atoms with van der Waals surface area (Å²) in [5, 5.41) is 0.511. The number of halogens is 3. The third-order valence-electron chi connectivity index (χ3n) is 5.86. The van der Waals surface area contributed by atoms with Crippen LogP contribution in [0.25, 0.3) is 10.9 Å². The Morgan fingerprint density at radius 3 is 2.30 bits per heavy atom. The van der Waals surface area contributed by atoms with E-state index in [1.807, 2.05) is 48.7 Å². The Morgan fingerprint density at radius 2 is 1.64 bits per heavy atom. The lowest BCUT2D eigenvalue weighted by Crippen LogP contribution is -2.11. The molecule has 0 bridgehead atoms. The van der Waals surface area contributed by atoms with Gasteiger partial charge < -0.3 is 10.3 Å². The summed E-state index contributed by atoms with van der Waals surface area (Å²) in [6, 6.07) is 16.3. The number of aryl methyl sites for hydroxylation is 1. The molecule has 4 rings (SSSR count). The zero-order chi connectivity index (χ0) is 23.7. The van der Waals surface area contributed by atoms with E-state index in [9.17, 15) is 18.0 Å². The van der Waals surface area contributed by atoms with Crippen LogP contribution < -0.4 is 5.73 Å². The number of aromatic nitrogens is 1. The van der Waals surface area contributed by atoms with Crippen molar-refractivity contribution in [2.45, 2.75) is 39.2 Å². The van der Waals surface area contributed by atoms with Crippen molar-refractivity contribution < 1.29 is 18.0 Å².